The van der Waals surface area contributed by atoms with Crippen LogP contribution in [0, 0.1) is 12.3 Å². The van der Waals surface area contributed by atoms with Gasteiger partial charge in [-0.2, -0.15) is 5.10 Å². The monoisotopic (exact) mass is 283 g/mol. The molecule has 0 N–H and O–H groups in total. The van der Waals surface area contributed by atoms with Gasteiger partial charge in [0.25, 0.3) is 0 Å². The Morgan fingerprint density at radius 3 is 2.95 bits per heavy atom. The van der Waals surface area contributed by atoms with Gasteiger partial charge < -0.3 is 9.64 Å². The van der Waals surface area contributed by atoms with Crippen molar-refractivity contribution in [3.63, 3.8) is 0 Å². The molecule has 4 nitrogen and oxygen atoms in total. The van der Waals surface area contributed by atoms with Crippen LogP contribution in [-0.2, 0) is 11.3 Å². The number of aromatic nitrogens is 2. The van der Waals surface area contributed by atoms with E-state index in [0.717, 1.165) is 42.5 Å². The minimum Gasteiger partial charge on any atom is -0.356 e. The molecule has 21 heavy (non-hydrogen) atoms. The lowest BCUT2D eigenvalue weighted by Crippen LogP contribution is -2.19. The summed E-state index contributed by atoms with van der Waals surface area (Å²) < 4.78 is 7.86. The standard InChI is InChI=1S/C17H21N3O/c1-4-14-9-13(12-19(2)3)10-16-15(14)11-18-20(16)17-7-5-6-8-21-17/h1,9-11,17H,5-8,12H2,2-3H3. The van der Waals surface area contributed by atoms with Crippen molar-refractivity contribution < 1.29 is 4.74 Å². The summed E-state index contributed by atoms with van der Waals surface area (Å²) in [4.78, 5) is 2.14. The molecule has 1 aromatic heterocycles. The maximum atomic E-state index is 5.86. The molecule has 1 aliphatic heterocycles. The minimum atomic E-state index is 0.0384. The minimum absolute atomic E-state index is 0.0384. The number of terminal acetylenes is 1. The van der Waals surface area contributed by atoms with E-state index in [1.807, 2.05) is 10.9 Å². The Kier molecular flexibility index (Phi) is 3.96. The highest BCUT2D eigenvalue weighted by Gasteiger charge is 2.19. The molecule has 1 saturated heterocycles. The molecule has 1 aromatic carbocycles. The van der Waals surface area contributed by atoms with Gasteiger partial charge in [0.15, 0.2) is 6.23 Å². The maximum Gasteiger partial charge on any atom is 0.150 e. The highest BCUT2D eigenvalue weighted by Crippen LogP contribution is 2.28. The third-order valence-electron chi connectivity index (χ3n) is 3.86. The van der Waals surface area contributed by atoms with Gasteiger partial charge in [-0.15, -0.1) is 6.42 Å². The summed E-state index contributed by atoms with van der Waals surface area (Å²) in [5.41, 5.74) is 3.19. The van der Waals surface area contributed by atoms with Gasteiger partial charge in [-0.3, -0.25) is 0 Å². The molecule has 1 atom stereocenters. The predicted molar refractivity (Wildman–Crippen MR) is 83.9 cm³/mol. The molecule has 2 aromatic rings. The smallest absolute Gasteiger partial charge is 0.150 e. The molecule has 3 rings (SSSR count). The van der Waals surface area contributed by atoms with E-state index in [0.29, 0.717) is 0 Å². The summed E-state index contributed by atoms with van der Waals surface area (Å²) in [6.45, 7) is 1.67. The Hall–Kier alpha value is -1.83. The second-order valence-corrected chi connectivity index (χ2v) is 5.87. The number of benzene rings is 1. The topological polar surface area (TPSA) is 30.3 Å². The SMILES string of the molecule is C#Cc1cc(CN(C)C)cc2c1cnn2C1CCCCO1. The zero-order valence-electron chi connectivity index (χ0n) is 12.7. The second kappa shape index (κ2) is 5.88. The first kappa shape index (κ1) is 14.1. The van der Waals surface area contributed by atoms with Crippen LogP contribution < -0.4 is 0 Å². The summed E-state index contributed by atoms with van der Waals surface area (Å²) in [7, 11) is 4.11. The molecule has 4 heteroatoms. The summed E-state index contributed by atoms with van der Waals surface area (Å²) in [6.07, 6.45) is 10.9. The summed E-state index contributed by atoms with van der Waals surface area (Å²) >= 11 is 0. The third-order valence-corrected chi connectivity index (χ3v) is 3.86. The highest BCUT2D eigenvalue weighted by atomic mass is 16.5. The van der Waals surface area contributed by atoms with Crippen LogP contribution in [0.25, 0.3) is 10.9 Å². The highest BCUT2D eigenvalue weighted by molar-refractivity contribution is 5.86. The first-order chi connectivity index (χ1) is 10.2. The van der Waals surface area contributed by atoms with Crippen molar-refractivity contribution in [1.29, 1.82) is 0 Å². The van der Waals surface area contributed by atoms with Gasteiger partial charge in [-0.1, -0.05) is 5.92 Å². The first-order valence-electron chi connectivity index (χ1n) is 7.42. The maximum absolute atomic E-state index is 5.86. The normalized spacial score (nSPS) is 19.0. The molecule has 2 heterocycles. The van der Waals surface area contributed by atoms with Gasteiger partial charge in [-0.25, -0.2) is 4.68 Å². The number of hydrogen-bond donors (Lipinski definition) is 0. The zero-order chi connectivity index (χ0) is 14.8. The molecule has 110 valence electrons. The van der Waals surface area contributed by atoms with E-state index >= 15 is 0 Å². The first-order valence-corrected chi connectivity index (χ1v) is 7.42. The Bertz CT molecular complexity index is 675. The van der Waals surface area contributed by atoms with E-state index in [1.54, 1.807) is 0 Å². The van der Waals surface area contributed by atoms with Crippen LogP contribution >= 0.6 is 0 Å². The van der Waals surface area contributed by atoms with Crippen LogP contribution in [0.4, 0.5) is 0 Å². The van der Waals surface area contributed by atoms with E-state index in [2.05, 4.69) is 42.1 Å². The fourth-order valence-electron chi connectivity index (χ4n) is 2.93. The Morgan fingerprint density at radius 2 is 2.29 bits per heavy atom. The predicted octanol–water partition coefficient (Wildman–Crippen LogP) is 2.78. The quantitative estimate of drug-likeness (QED) is 0.811. The van der Waals surface area contributed by atoms with E-state index < -0.39 is 0 Å². The zero-order valence-corrected chi connectivity index (χ0v) is 12.7. The molecule has 0 aliphatic carbocycles. The molecule has 1 fully saturated rings. The largest absolute Gasteiger partial charge is 0.356 e. The average molecular weight is 283 g/mol. The fourth-order valence-corrected chi connectivity index (χ4v) is 2.93. The summed E-state index contributed by atoms with van der Waals surface area (Å²) in [5.74, 6) is 2.79. The van der Waals surface area contributed by atoms with Gasteiger partial charge in [0.1, 0.15) is 0 Å². The van der Waals surface area contributed by atoms with Gasteiger partial charge >= 0.3 is 0 Å². The average Bonchev–Trinajstić information content (AvgIpc) is 2.90. The molecular formula is C17H21N3O. The van der Waals surface area contributed by atoms with Gasteiger partial charge in [-0.05, 0) is 51.1 Å². The lowest BCUT2D eigenvalue weighted by atomic mass is 10.1. The van der Waals surface area contributed by atoms with Crippen LogP contribution in [0.1, 0.15) is 36.6 Å². The summed E-state index contributed by atoms with van der Waals surface area (Å²) in [6, 6.07) is 4.26. The van der Waals surface area contributed by atoms with Gasteiger partial charge in [0, 0.05) is 24.1 Å². The Labute approximate surface area is 125 Å². The van der Waals surface area contributed by atoms with Crippen molar-refractivity contribution in [3.05, 3.63) is 29.5 Å². The molecule has 0 bridgehead atoms. The number of ether oxygens (including phenoxy) is 1. The summed E-state index contributed by atoms with van der Waals surface area (Å²) in [5, 5.41) is 5.57. The lowest BCUT2D eigenvalue weighted by Gasteiger charge is -2.23. The van der Waals surface area contributed by atoms with Crippen molar-refractivity contribution in [1.82, 2.24) is 14.7 Å². The van der Waals surface area contributed by atoms with E-state index in [9.17, 15) is 0 Å². The molecule has 1 unspecified atom stereocenters. The molecule has 0 saturated carbocycles. The molecule has 0 amide bonds. The number of fused-ring (bicyclic) bond motifs is 1. The van der Waals surface area contributed by atoms with E-state index in [4.69, 9.17) is 11.2 Å². The Balaban J connectivity index is 2.07. The third kappa shape index (κ3) is 2.80. The molecule has 1 aliphatic rings. The van der Waals surface area contributed by atoms with Crippen LogP contribution in [0.2, 0.25) is 0 Å². The van der Waals surface area contributed by atoms with Crippen LogP contribution in [0.5, 0.6) is 0 Å². The van der Waals surface area contributed by atoms with E-state index in [-0.39, 0.29) is 6.23 Å². The van der Waals surface area contributed by atoms with Crippen molar-refractivity contribution in [2.75, 3.05) is 20.7 Å². The second-order valence-electron chi connectivity index (χ2n) is 5.87. The van der Waals surface area contributed by atoms with Crippen molar-refractivity contribution in [2.24, 2.45) is 0 Å². The number of hydrogen-bond acceptors (Lipinski definition) is 3. The Morgan fingerprint density at radius 1 is 1.43 bits per heavy atom. The lowest BCUT2D eigenvalue weighted by molar-refractivity contribution is -0.0366. The fraction of sp³-hybridized carbons (Fsp3) is 0.471. The van der Waals surface area contributed by atoms with Gasteiger partial charge in [0.2, 0.25) is 0 Å². The van der Waals surface area contributed by atoms with Crippen LogP contribution in [0.3, 0.4) is 0 Å². The number of rotatable bonds is 3. The molecular weight excluding hydrogens is 262 g/mol. The van der Waals surface area contributed by atoms with Crippen molar-refractivity contribution >= 4 is 10.9 Å². The van der Waals surface area contributed by atoms with Crippen molar-refractivity contribution in [2.45, 2.75) is 32.0 Å². The van der Waals surface area contributed by atoms with E-state index in [1.165, 1.54) is 12.0 Å². The van der Waals surface area contributed by atoms with Crippen LogP contribution in [-0.4, -0.2) is 35.4 Å². The van der Waals surface area contributed by atoms with Crippen LogP contribution in [0.15, 0.2) is 18.3 Å². The van der Waals surface area contributed by atoms with Crippen molar-refractivity contribution in [3.8, 4) is 12.3 Å². The number of nitrogens with zero attached hydrogens (tertiary/aromatic N) is 3. The molecule has 0 spiro atoms. The molecule has 0 radical (unpaired) electrons. The van der Waals surface area contributed by atoms with Gasteiger partial charge in [0.05, 0.1) is 11.7 Å².